The van der Waals surface area contributed by atoms with Gasteiger partial charge in [0.25, 0.3) is 0 Å². The van der Waals surface area contributed by atoms with Crippen LogP contribution < -0.4 is 4.90 Å². The van der Waals surface area contributed by atoms with Crippen LogP contribution in [0.1, 0.15) is 28.8 Å². The Morgan fingerprint density at radius 2 is 2.04 bits per heavy atom. The first kappa shape index (κ1) is 18.4. The van der Waals surface area contributed by atoms with E-state index in [-0.39, 0.29) is 5.92 Å². The molecule has 1 unspecified atom stereocenters. The number of benzene rings is 1. The standard InChI is InChI=1S/C23H22N4S/c1-4-25-21-13-18(9-10-20(21)24-3)16(2)22-14-26-23(28-22)27-12-11-17-7-5-6-8-19(17)15-27/h1,5-10,13-14,16H,11-12,15H2,2-3H3. The van der Waals surface area contributed by atoms with Gasteiger partial charge in [-0.3, -0.25) is 4.99 Å². The van der Waals surface area contributed by atoms with Gasteiger partial charge in [0.15, 0.2) is 5.13 Å². The molecule has 4 rings (SSSR count). The highest BCUT2D eigenvalue weighted by molar-refractivity contribution is 7.15. The van der Waals surface area contributed by atoms with Crippen LogP contribution in [0.2, 0.25) is 0 Å². The number of aromatic nitrogens is 1. The van der Waals surface area contributed by atoms with Gasteiger partial charge in [0.2, 0.25) is 0 Å². The van der Waals surface area contributed by atoms with Gasteiger partial charge in [-0.2, -0.15) is 4.99 Å². The van der Waals surface area contributed by atoms with Crippen LogP contribution >= 0.6 is 11.3 Å². The molecule has 140 valence electrons. The van der Waals surface area contributed by atoms with Crippen LogP contribution in [0.15, 0.2) is 64.2 Å². The molecule has 0 fully saturated rings. The van der Waals surface area contributed by atoms with Gasteiger partial charge in [-0.25, -0.2) is 4.98 Å². The quantitative estimate of drug-likeness (QED) is 0.579. The average Bonchev–Trinajstić information content (AvgIpc) is 3.23. The molecule has 1 aromatic heterocycles. The molecular weight excluding hydrogens is 364 g/mol. The maximum absolute atomic E-state index is 5.37. The Morgan fingerprint density at radius 3 is 2.82 bits per heavy atom. The molecule has 0 amide bonds. The van der Waals surface area contributed by atoms with Gasteiger partial charge < -0.3 is 4.90 Å². The predicted octanol–water partition coefficient (Wildman–Crippen LogP) is 4.41. The summed E-state index contributed by atoms with van der Waals surface area (Å²) in [5.74, 6) is 0.223. The summed E-state index contributed by atoms with van der Waals surface area (Å²) < 4.78 is 0. The van der Waals surface area contributed by atoms with E-state index in [2.05, 4.69) is 58.2 Å². The van der Waals surface area contributed by atoms with Crippen molar-refractivity contribution in [1.82, 2.24) is 4.98 Å². The molecule has 2 aromatic rings. The summed E-state index contributed by atoms with van der Waals surface area (Å²) in [6, 6.07) is 11.0. The zero-order valence-electron chi connectivity index (χ0n) is 16.1. The van der Waals surface area contributed by atoms with E-state index < -0.39 is 0 Å². The minimum absolute atomic E-state index is 0.223. The molecule has 2 aliphatic rings. The summed E-state index contributed by atoms with van der Waals surface area (Å²) in [6.07, 6.45) is 14.5. The number of hydrogen-bond acceptors (Lipinski definition) is 5. The van der Waals surface area contributed by atoms with Gasteiger partial charge in [0.05, 0.1) is 11.4 Å². The monoisotopic (exact) mass is 386 g/mol. The van der Waals surface area contributed by atoms with Crippen molar-refractivity contribution in [2.45, 2.75) is 25.8 Å². The number of rotatable bonds is 3. The van der Waals surface area contributed by atoms with Gasteiger partial charge in [0, 0.05) is 43.2 Å². The van der Waals surface area contributed by atoms with Crippen molar-refractivity contribution < 1.29 is 0 Å². The first-order valence-electron chi connectivity index (χ1n) is 9.37. The predicted molar refractivity (Wildman–Crippen MR) is 119 cm³/mol. The van der Waals surface area contributed by atoms with Crippen molar-refractivity contribution in [3.05, 3.63) is 70.3 Å². The number of fused-ring (bicyclic) bond motifs is 1. The molecule has 1 aromatic carbocycles. The smallest absolute Gasteiger partial charge is 0.185 e. The van der Waals surface area contributed by atoms with Crippen LogP contribution in [0, 0.1) is 12.5 Å². The SMILES string of the molecule is C#CN=C1C=C(C(C)c2cnc(N3CCc4ccccc4C3)s2)C=CC1=NC. The summed E-state index contributed by atoms with van der Waals surface area (Å²) in [7, 11) is 1.75. The number of allylic oxidation sites excluding steroid dienone is 4. The number of anilines is 1. The molecule has 5 heteroatoms. The fourth-order valence-electron chi connectivity index (χ4n) is 3.60. The molecule has 0 spiro atoms. The maximum Gasteiger partial charge on any atom is 0.185 e. The molecule has 1 atom stereocenters. The van der Waals surface area contributed by atoms with Crippen molar-refractivity contribution in [3.8, 4) is 12.5 Å². The summed E-state index contributed by atoms with van der Waals surface area (Å²) in [5, 5.41) is 1.09. The first-order valence-corrected chi connectivity index (χ1v) is 10.2. The minimum atomic E-state index is 0.223. The number of hydrogen-bond donors (Lipinski definition) is 0. The summed E-state index contributed by atoms with van der Waals surface area (Å²) in [5.41, 5.74) is 5.58. The lowest BCUT2D eigenvalue weighted by Crippen LogP contribution is -2.30. The third-order valence-corrected chi connectivity index (χ3v) is 6.51. The van der Waals surface area contributed by atoms with Crippen molar-refractivity contribution in [2.24, 2.45) is 9.98 Å². The minimum Gasteiger partial charge on any atom is -0.343 e. The number of nitrogens with zero attached hydrogens (tertiary/aromatic N) is 4. The van der Waals surface area contributed by atoms with Crippen LogP contribution in [-0.4, -0.2) is 30.0 Å². The van der Waals surface area contributed by atoms with Crippen LogP contribution in [-0.2, 0) is 13.0 Å². The second-order valence-corrected chi connectivity index (χ2v) is 7.96. The van der Waals surface area contributed by atoms with Crippen molar-refractivity contribution in [3.63, 3.8) is 0 Å². The Morgan fingerprint density at radius 1 is 1.21 bits per heavy atom. The molecular formula is C23H22N4S. The molecule has 28 heavy (non-hydrogen) atoms. The Hall–Kier alpha value is -2.97. The van der Waals surface area contributed by atoms with Crippen LogP contribution in [0.5, 0.6) is 0 Å². The van der Waals surface area contributed by atoms with Crippen LogP contribution in [0.4, 0.5) is 5.13 Å². The summed E-state index contributed by atoms with van der Waals surface area (Å²) in [6.45, 7) is 4.13. The topological polar surface area (TPSA) is 40.9 Å². The highest BCUT2D eigenvalue weighted by atomic mass is 32.1. The van der Waals surface area contributed by atoms with Gasteiger partial charge in [-0.05, 0) is 35.3 Å². The third-order valence-electron chi connectivity index (χ3n) is 5.26. The number of thiazole rings is 1. The van der Waals surface area contributed by atoms with Crippen molar-refractivity contribution in [2.75, 3.05) is 18.5 Å². The first-order chi connectivity index (χ1) is 13.7. The van der Waals surface area contributed by atoms with E-state index in [4.69, 9.17) is 11.4 Å². The lowest BCUT2D eigenvalue weighted by atomic mass is 9.93. The van der Waals surface area contributed by atoms with Crippen molar-refractivity contribution >= 4 is 27.9 Å². The number of terminal acetylenes is 1. The second-order valence-electron chi connectivity index (χ2n) is 6.92. The van der Waals surface area contributed by atoms with E-state index in [1.807, 2.05) is 18.3 Å². The highest BCUT2D eigenvalue weighted by Gasteiger charge is 2.22. The fraction of sp³-hybridized carbons (Fsp3) is 0.261. The Labute approximate surface area is 170 Å². The van der Waals surface area contributed by atoms with Gasteiger partial charge in [-0.15, -0.1) is 11.3 Å². The lowest BCUT2D eigenvalue weighted by Gasteiger charge is -2.28. The van der Waals surface area contributed by atoms with E-state index in [0.29, 0.717) is 0 Å². The van der Waals surface area contributed by atoms with Gasteiger partial charge in [0.1, 0.15) is 0 Å². The van der Waals surface area contributed by atoms with E-state index in [1.165, 1.54) is 21.6 Å². The lowest BCUT2D eigenvalue weighted by molar-refractivity contribution is 0.729. The van der Waals surface area contributed by atoms with Crippen molar-refractivity contribution in [1.29, 1.82) is 0 Å². The van der Waals surface area contributed by atoms with Crippen LogP contribution in [0.25, 0.3) is 0 Å². The second kappa shape index (κ2) is 7.95. The van der Waals surface area contributed by atoms with E-state index in [1.54, 1.807) is 18.4 Å². The maximum atomic E-state index is 5.37. The third kappa shape index (κ3) is 3.56. The molecule has 2 heterocycles. The normalized spacial score (nSPS) is 20.0. The molecule has 0 saturated heterocycles. The van der Waals surface area contributed by atoms with Crippen LogP contribution in [0.3, 0.4) is 0 Å². The molecule has 1 aliphatic carbocycles. The number of aliphatic imine (C=N–C) groups is 2. The summed E-state index contributed by atoms with van der Waals surface area (Å²) >= 11 is 1.77. The van der Waals surface area contributed by atoms with E-state index >= 15 is 0 Å². The molecule has 0 radical (unpaired) electrons. The molecule has 0 bridgehead atoms. The Bertz CT molecular complexity index is 1050. The molecule has 0 saturated carbocycles. The van der Waals surface area contributed by atoms with E-state index in [0.717, 1.165) is 36.1 Å². The zero-order valence-corrected chi connectivity index (χ0v) is 16.9. The Kier molecular flexibility index (Phi) is 5.23. The molecule has 4 nitrogen and oxygen atoms in total. The summed E-state index contributed by atoms with van der Waals surface area (Å²) in [4.78, 5) is 16.7. The highest BCUT2D eigenvalue weighted by Crippen LogP contribution is 2.35. The van der Waals surface area contributed by atoms with E-state index in [9.17, 15) is 0 Å². The Balaban J connectivity index is 1.54. The average molecular weight is 387 g/mol. The zero-order chi connectivity index (χ0) is 19.5. The van der Waals surface area contributed by atoms with Gasteiger partial charge in [-0.1, -0.05) is 43.7 Å². The molecule has 1 aliphatic heterocycles. The van der Waals surface area contributed by atoms with Gasteiger partial charge >= 0.3 is 0 Å². The fourth-order valence-corrected chi connectivity index (χ4v) is 4.62. The molecule has 0 N–H and O–H groups in total. The largest absolute Gasteiger partial charge is 0.343 e.